The minimum Gasteiger partial charge on any atom is -0.317 e. The molecule has 1 heterocycles. The summed E-state index contributed by atoms with van der Waals surface area (Å²) in [5.74, 6) is 0. The van der Waals surface area contributed by atoms with Crippen molar-refractivity contribution >= 4 is 0 Å². The van der Waals surface area contributed by atoms with Crippen LogP contribution in [0.4, 0.5) is 0 Å². The molecule has 0 saturated heterocycles. The van der Waals surface area contributed by atoms with Gasteiger partial charge in [0.15, 0.2) is 0 Å². The highest BCUT2D eigenvalue weighted by atomic mass is 15.1. The second kappa shape index (κ2) is 7.36. The quantitative estimate of drug-likeness (QED) is 0.762. The second-order valence-electron chi connectivity index (χ2n) is 4.20. The van der Waals surface area contributed by atoms with Crippen LogP contribution in [0.5, 0.6) is 0 Å². The molecule has 0 aliphatic carbocycles. The topological polar surface area (TPSA) is 28.2 Å². The van der Waals surface area contributed by atoms with Gasteiger partial charge in [-0.1, -0.05) is 6.92 Å². The lowest BCUT2D eigenvalue weighted by Gasteiger charge is -2.22. The van der Waals surface area contributed by atoms with Crippen molar-refractivity contribution in [2.45, 2.75) is 32.9 Å². The summed E-state index contributed by atoms with van der Waals surface area (Å²) in [6.07, 6.45) is 4.91. The van der Waals surface area contributed by atoms with Gasteiger partial charge < -0.3 is 5.32 Å². The Labute approximate surface area is 98.9 Å². The normalized spacial score (nSPS) is 13.0. The zero-order valence-electron chi connectivity index (χ0n) is 10.6. The van der Waals surface area contributed by atoms with Crippen molar-refractivity contribution in [1.82, 2.24) is 15.2 Å². The molecular weight excluding hydrogens is 198 g/mol. The van der Waals surface area contributed by atoms with Crippen LogP contribution in [0.2, 0.25) is 0 Å². The third-order valence-electron chi connectivity index (χ3n) is 2.97. The van der Waals surface area contributed by atoms with Crippen LogP contribution in [0.1, 0.15) is 25.8 Å². The van der Waals surface area contributed by atoms with Gasteiger partial charge in [-0.25, -0.2) is 0 Å². The summed E-state index contributed by atoms with van der Waals surface area (Å²) in [7, 11) is 2.02. The van der Waals surface area contributed by atoms with E-state index in [4.69, 9.17) is 0 Å². The van der Waals surface area contributed by atoms with Gasteiger partial charge in [-0.3, -0.25) is 9.88 Å². The van der Waals surface area contributed by atoms with Crippen LogP contribution in [0.3, 0.4) is 0 Å². The molecule has 3 heteroatoms. The lowest BCUT2D eigenvalue weighted by atomic mass is 10.2. The van der Waals surface area contributed by atoms with E-state index in [1.165, 1.54) is 12.0 Å². The van der Waals surface area contributed by atoms with E-state index in [1.54, 1.807) is 0 Å². The molecule has 0 bridgehead atoms. The number of nitrogens with one attached hydrogen (secondary N) is 1. The van der Waals surface area contributed by atoms with Crippen molar-refractivity contribution in [1.29, 1.82) is 0 Å². The van der Waals surface area contributed by atoms with E-state index < -0.39 is 0 Å². The Balaban J connectivity index is 2.37. The Hall–Kier alpha value is -0.930. The van der Waals surface area contributed by atoms with E-state index in [-0.39, 0.29) is 0 Å². The van der Waals surface area contributed by atoms with Crippen molar-refractivity contribution in [2.75, 3.05) is 20.1 Å². The molecule has 90 valence electrons. The molecule has 1 rings (SSSR count). The van der Waals surface area contributed by atoms with E-state index >= 15 is 0 Å². The maximum atomic E-state index is 4.04. The summed E-state index contributed by atoms with van der Waals surface area (Å²) >= 11 is 0. The zero-order chi connectivity index (χ0) is 11.8. The number of pyridine rings is 1. The van der Waals surface area contributed by atoms with Crippen LogP contribution in [-0.4, -0.2) is 36.1 Å². The van der Waals surface area contributed by atoms with Crippen molar-refractivity contribution in [3.63, 3.8) is 0 Å². The van der Waals surface area contributed by atoms with Crippen LogP contribution >= 0.6 is 0 Å². The number of rotatable bonds is 7. The highest BCUT2D eigenvalue weighted by Gasteiger charge is 2.05. The minimum absolute atomic E-state index is 0.589. The van der Waals surface area contributed by atoms with Gasteiger partial charge in [-0.15, -0.1) is 0 Å². The van der Waals surface area contributed by atoms with Crippen LogP contribution in [0.15, 0.2) is 24.5 Å². The van der Waals surface area contributed by atoms with Crippen LogP contribution < -0.4 is 5.32 Å². The van der Waals surface area contributed by atoms with E-state index in [2.05, 4.69) is 41.2 Å². The smallest absolute Gasteiger partial charge is 0.0271 e. The number of hydrogen-bond donors (Lipinski definition) is 1. The third kappa shape index (κ3) is 4.73. The van der Waals surface area contributed by atoms with Gasteiger partial charge in [0.1, 0.15) is 0 Å². The lowest BCUT2D eigenvalue weighted by Crippen LogP contribution is -2.30. The average Bonchev–Trinajstić information content (AvgIpc) is 2.35. The predicted octanol–water partition coefficient (Wildman–Crippen LogP) is 1.90. The van der Waals surface area contributed by atoms with E-state index in [1.807, 2.05) is 19.4 Å². The molecule has 3 nitrogen and oxygen atoms in total. The molecule has 0 aliphatic rings. The number of hydrogen-bond acceptors (Lipinski definition) is 3. The Morgan fingerprint density at radius 3 is 2.62 bits per heavy atom. The summed E-state index contributed by atoms with van der Waals surface area (Å²) in [6, 6.07) is 4.76. The fourth-order valence-electron chi connectivity index (χ4n) is 1.62. The fourth-order valence-corrected chi connectivity index (χ4v) is 1.62. The summed E-state index contributed by atoms with van der Waals surface area (Å²) in [6.45, 7) is 7.69. The predicted molar refractivity (Wildman–Crippen MR) is 68.3 cm³/mol. The van der Waals surface area contributed by atoms with Crippen LogP contribution in [-0.2, 0) is 6.54 Å². The fraction of sp³-hybridized carbons (Fsp3) is 0.615. The molecule has 0 spiro atoms. The van der Waals surface area contributed by atoms with Gasteiger partial charge in [0.2, 0.25) is 0 Å². The van der Waals surface area contributed by atoms with Gasteiger partial charge in [-0.2, -0.15) is 0 Å². The largest absolute Gasteiger partial charge is 0.317 e. The molecule has 1 atom stereocenters. The minimum atomic E-state index is 0.589. The molecular formula is C13H23N3. The molecule has 0 aromatic carbocycles. The first-order valence-electron chi connectivity index (χ1n) is 6.04. The zero-order valence-corrected chi connectivity index (χ0v) is 10.6. The summed E-state index contributed by atoms with van der Waals surface area (Å²) in [4.78, 5) is 6.50. The summed E-state index contributed by atoms with van der Waals surface area (Å²) in [5, 5.41) is 3.27. The maximum Gasteiger partial charge on any atom is 0.0271 e. The molecule has 16 heavy (non-hydrogen) atoms. The summed E-state index contributed by atoms with van der Waals surface area (Å²) in [5.41, 5.74) is 1.34. The third-order valence-corrected chi connectivity index (χ3v) is 2.97. The monoisotopic (exact) mass is 221 g/mol. The molecule has 1 aromatic heterocycles. The van der Waals surface area contributed by atoms with Crippen molar-refractivity contribution in [3.05, 3.63) is 30.1 Å². The average molecular weight is 221 g/mol. The molecule has 1 unspecified atom stereocenters. The molecule has 1 aromatic rings. The second-order valence-corrected chi connectivity index (χ2v) is 4.20. The molecule has 0 saturated carbocycles. The van der Waals surface area contributed by atoms with Gasteiger partial charge in [0.05, 0.1) is 0 Å². The molecule has 0 aliphatic heterocycles. The number of nitrogens with zero attached hydrogens (tertiary/aromatic N) is 2. The molecule has 0 amide bonds. The lowest BCUT2D eigenvalue weighted by molar-refractivity contribution is 0.265. The first-order chi connectivity index (χ1) is 7.76. The standard InChI is InChI=1S/C13H23N3/c1-4-16(10-7-12(2)14-3)11-13-5-8-15-9-6-13/h5-6,8-9,12,14H,4,7,10-11H2,1-3H3. The van der Waals surface area contributed by atoms with Crippen LogP contribution in [0.25, 0.3) is 0 Å². The Morgan fingerprint density at radius 1 is 1.38 bits per heavy atom. The van der Waals surface area contributed by atoms with Crippen molar-refractivity contribution in [3.8, 4) is 0 Å². The van der Waals surface area contributed by atoms with E-state index in [0.29, 0.717) is 6.04 Å². The highest BCUT2D eigenvalue weighted by Crippen LogP contribution is 2.04. The van der Waals surface area contributed by atoms with E-state index in [9.17, 15) is 0 Å². The highest BCUT2D eigenvalue weighted by molar-refractivity contribution is 5.09. The first kappa shape index (κ1) is 13.1. The van der Waals surface area contributed by atoms with Gasteiger partial charge >= 0.3 is 0 Å². The number of aromatic nitrogens is 1. The Morgan fingerprint density at radius 2 is 2.06 bits per heavy atom. The van der Waals surface area contributed by atoms with Gasteiger partial charge in [-0.05, 0) is 51.2 Å². The van der Waals surface area contributed by atoms with Crippen molar-refractivity contribution in [2.24, 2.45) is 0 Å². The maximum absolute atomic E-state index is 4.04. The summed E-state index contributed by atoms with van der Waals surface area (Å²) < 4.78 is 0. The van der Waals surface area contributed by atoms with Crippen molar-refractivity contribution < 1.29 is 0 Å². The molecule has 0 fully saturated rings. The first-order valence-corrected chi connectivity index (χ1v) is 6.04. The SMILES string of the molecule is CCN(CCC(C)NC)Cc1ccncc1. The van der Waals surface area contributed by atoms with E-state index in [0.717, 1.165) is 19.6 Å². The molecule has 1 N–H and O–H groups in total. The van der Waals surface area contributed by atoms with Gasteiger partial charge in [0, 0.05) is 25.0 Å². The van der Waals surface area contributed by atoms with Crippen LogP contribution in [0, 0.1) is 0 Å². The Bertz CT molecular complexity index is 274. The Kier molecular flexibility index (Phi) is 6.04. The van der Waals surface area contributed by atoms with Gasteiger partial charge in [0.25, 0.3) is 0 Å². The molecule has 0 radical (unpaired) electrons.